The molecular formula is C25H24N4O5S. The van der Waals surface area contributed by atoms with E-state index in [9.17, 15) is 19.5 Å². The number of aryl methyl sites for hydroxylation is 1. The summed E-state index contributed by atoms with van der Waals surface area (Å²) >= 11 is 1.39. The van der Waals surface area contributed by atoms with Crippen molar-refractivity contribution in [3.05, 3.63) is 71.5 Å². The van der Waals surface area contributed by atoms with E-state index in [4.69, 9.17) is 4.74 Å². The summed E-state index contributed by atoms with van der Waals surface area (Å²) in [7, 11) is 1.57. The maximum Gasteiger partial charge on any atom is 0.411 e. The van der Waals surface area contributed by atoms with Crippen molar-refractivity contribution in [2.75, 3.05) is 17.7 Å². The summed E-state index contributed by atoms with van der Waals surface area (Å²) in [5.74, 6) is -1.37. The van der Waals surface area contributed by atoms with E-state index in [1.165, 1.54) is 27.5 Å². The smallest absolute Gasteiger partial charge is 0.411 e. The first-order valence-electron chi connectivity index (χ1n) is 11.2. The van der Waals surface area contributed by atoms with Crippen molar-refractivity contribution in [3.63, 3.8) is 0 Å². The first kappa shape index (κ1) is 23.0. The quantitative estimate of drug-likeness (QED) is 0.557. The number of hydrogen-bond acceptors (Lipinski definition) is 6. The van der Waals surface area contributed by atoms with Gasteiger partial charge < -0.3 is 14.7 Å². The van der Waals surface area contributed by atoms with Crippen molar-refractivity contribution in [1.82, 2.24) is 14.7 Å². The number of thioether (sulfide) groups is 1. The number of carbonyl (C=O) groups is 3. The molecule has 1 saturated heterocycles. The zero-order chi connectivity index (χ0) is 24.7. The van der Waals surface area contributed by atoms with Crippen LogP contribution in [0.2, 0.25) is 0 Å². The molecule has 2 N–H and O–H groups in total. The average molecular weight is 493 g/mol. The molecule has 3 aromatic rings. The molecule has 35 heavy (non-hydrogen) atoms. The Labute approximate surface area is 206 Å². The lowest BCUT2D eigenvalue weighted by Crippen LogP contribution is -2.45. The van der Waals surface area contributed by atoms with Crippen molar-refractivity contribution in [3.8, 4) is 11.1 Å². The fourth-order valence-electron chi connectivity index (χ4n) is 4.79. The second-order valence-electron chi connectivity index (χ2n) is 8.48. The predicted molar refractivity (Wildman–Crippen MR) is 131 cm³/mol. The van der Waals surface area contributed by atoms with Crippen LogP contribution in [0.15, 0.2) is 54.7 Å². The van der Waals surface area contributed by atoms with Crippen molar-refractivity contribution >= 4 is 35.4 Å². The van der Waals surface area contributed by atoms with Gasteiger partial charge in [0.05, 0.1) is 17.3 Å². The van der Waals surface area contributed by atoms with E-state index >= 15 is 0 Å². The van der Waals surface area contributed by atoms with Gasteiger partial charge in [0.15, 0.2) is 0 Å². The molecule has 1 aliphatic heterocycles. The van der Waals surface area contributed by atoms with Gasteiger partial charge in [0.2, 0.25) is 0 Å². The Morgan fingerprint density at radius 1 is 1.11 bits per heavy atom. The highest BCUT2D eigenvalue weighted by atomic mass is 32.2. The number of ether oxygens (including phenoxy) is 1. The first-order valence-corrected chi connectivity index (χ1v) is 12.2. The topological polar surface area (TPSA) is 114 Å². The second kappa shape index (κ2) is 9.10. The SMILES string of the molecule is CC1SCC(C(=O)O)N1C(=O)c1c(NC(=O)OCC2c3ccccc3-c3ccccc32)cnn1C. The number of aromatic nitrogens is 2. The molecule has 0 radical (unpaired) electrons. The summed E-state index contributed by atoms with van der Waals surface area (Å²) in [4.78, 5) is 39.0. The lowest BCUT2D eigenvalue weighted by molar-refractivity contribution is -0.141. The third-order valence-electron chi connectivity index (χ3n) is 6.46. The van der Waals surface area contributed by atoms with Crippen LogP contribution in [0, 0.1) is 0 Å². The van der Waals surface area contributed by atoms with Crippen molar-refractivity contribution < 1.29 is 24.2 Å². The van der Waals surface area contributed by atoms with Crippen LogP contribution in [0.5, 0.6) is 0 Å². The number of aliphatic carboxylic acids is 1. The van der Waals surface area contributed by atoms with Gasteiger partial charge in [0.1, 0.15) is 18.3 Å². The van der Waals surface area contributed by atoms with E-state index in [0.717, 1.165) is 22.3 Å². The Balaban J connectivity index is 1.32. The van der Waals surface area contributed by atoms with Gasteiger partial charge in [-0.15, -0.1) is 11.8 Å². The molecule has 180 valence electrons. The summed E-state index contributed by atoms with van der Waals surface area (Å²) in [6.45, 7) is 1.91. The van der Waals surface area contributed by atoms with Crippen LogP contribution in [0.25, 0.3) is 11.1 Å². The molecule has 0 saturated carbocycles. The molecule has 0 spiro atoms. The van der Waals surface area contributed by atoms with Gasteiger partial charge in [-0.25, -0.2) is 9.59 Å². The average Bonchev–Trinajstić information content (AvgIpc) is 3.51. The van der Waals surface area contributed by atoms with Crippen LogP contribution in [0.4, 0.5) is 10.5 Å². The number of carboxylic acid groups (broad SMARTS) is 1. The Morgan fingerprint density at radius 3 is 2.37 bits per heavy atom. The maximum absolute atomic E-state index is 13.3. The predicted octanol–water partition coefficient (Wildman–Crippen LogP) is 3.77. The number of carboxylic acids is 1. The number of benzene rings is 2. The standard InChI is InChI=1S/C25H24N4O5S/c1-14-29(21(13-35-14)24(31)32)23(30)22-20(11-26-28(22)2)27-25(33)34-12-19-17-9-5-3-7-15(17)16-8-4-6-10-18(16)19/h3-11,14,19,21H,12-13H2,1-2H3,(H,27,33)(H,31,32). The van der Waals surface area contributed by atoms with Gasteiger partial charge in [-0.3, -0.25) is 14.8 Å². The highest BCUT2D eigenvalue weighted by Crippen LogP contribution is 2.44. The van der Waals surface area contributed by atoms with Crippen LogP contribution in [0.1, 0.15) is 34.5 Å². The minimum absolute atomic E-state index is 0.0954. The molecule has 1 aliphatic carbocycles. The number of anilines is 1. The molecule has 10 heteroatoms. The number of fused-ring (bicyclic) bond motifs is 3. The van der Waals surface area contributed by atoms with E-state index in [-0.39, 0.29) is 29.3 Å². The monoisotopic (exact) mass is 492 g/mol. The van der Waals surface area contributed by atoms with Gasteiger partial charge in [0, 0.05) is 18.7 Å². The zero-order valence-corrected chi connectivity index (χ0v) is 20.0. The molecule has 0 bridgehead atoms. The lowest BCUT2D eigenvalue weighted by Gasteiger charge is -2.25. The van der Waals surface area contributed by atoms with Crippen LogP contribution < -0.4 is 5.32 Å². The summed E-state index contributed by atoms with van der Waals surface area (Å²) < 4.78 is 6.91. The van der Waals surface area contributed by atoms with E-state index in [0.29, 0.717) is 5.75 Å². The molecule has 2 aliphatic rings. The maximum atomic E-state index is 13.3. The van der Waals surface area contributed by atoms with E-state index in [2.05, 4.69) is 22.5 Å². The number of rotatable bonds is 5. The summed E-state index contributed by atoms with van der Waals surface area (Å²) in [5.41, 5.74) is 4.71. The van der Waals surface area contributed by atoms with Gasteiger partial charge in [-0.1, -0.05) is 48.5 Å². The Bertz CT molecular complexity index is 1280. The molecule has 2 aromatic carbocycles. The normalized spacial score (nSPS) is 18.7. The van der Waals surface area contributed by atoms with Gasteiger partial charge in [-0.2, -0.15) is 5.10 Å². The van der Waals surface area contributed by atoms with Crippen LogP contribution in [0.3, 0.4) is 0 Å². The largest absolute Gasteiger partial charge is 0.480 e. The molecule has 2 heterocycles. The van der Waals surface area contributed by atoms with E-state index in [1.54, 1.807) is 14.0 Å². The van der Waals surface area contributed by atoms with Gasteiger partial charge in [0.25, 0.3) is 5.91 Å². The molecular weight excluding hydrogens is 468 g/mol. The molecule has 2 atom stereocenters. The summed E-state index contributed by atoms with van der Waals surface area (Å²) in [6.07, 6.45) is 0.644. The highest BCUT2D eigenvalue weighted by molar-refractivity contribution is 8.00. The Morgan fingerprint density at radius 2 is 1.74 bits per heavy atom. The number of carbonyl (C=O) groups excluding carboxylic acids is 2. The molecule has 1 aromatic heterocycles. The highest BCUT2D eigenvalue weighted by Gasteiger charge is 2.41. The molecule has 5 rings (SSSR count). The number of nitrogens with zero attached hydrogens (tertiary/aromatic N) is 3. The third kappa shape index (κ3) is 4.03. The summed E-state index contributed by atoms with van der Waals surface area (Å²) in [6, 6.07) is 15.1. The molecule has 2 amide bonds. The second-order valence-corrected chi connectivity index (χ2v) is 9.83. The van der Waals surface area contributed by atoms with Crippen LogP contribution in [-0.4, -0.2) is 61.5 Å². The van der Waals surface area contributed by atoms with Crippen molar-refractivity contribution in [2.45, 2.75) is 24.3 Å². The van der Waals surface area contributed by atoms with Crippen molar-refractivity contribution in [2.24, 2.45) is 7.05 Å². The van der Waals surface area contributed by atoms with Crippen LogP contribution in [-0.2, 0) is 16.6 Å². The zero-order valence-electron chi connectivity index (χ0n) is 19.2. The first-order chi connectivity index (χ1) is 16.9. The third-order valence-corrected chi connectivity index (χ3v) is 7.68. The number of amides is 2. The fourth-order valence-corrected chi connectivity index (χ4v) is 5.96. The molecule has 9 nitrogen and oxygen atoms in total. The van der Waals surface area contributed by atoms with Crippen LogP contribution >= 0.6 is 11.8 Å². The fraction of sp³-hybridized carbons (Fsp3) is 0.280. The van der Waals surface area contributed by atoms with E-state index < -0.39 is 24.0 Å². The molecule has 1 fully saturated rings. The summed E-state index contributed by atoms with van der Waals surface area (Å²) in [5, 5.41) is 15.9. The van der Waals surface area contributed by atoms with Gasteiger partial charge in [-0.05, 0) is 29.2 Å². The number of nitrogens with one attached hydrogen (secondary N) is 1. The number of hydrogen-bond donors (Lipinski definition) is 2. The van der Waals surface area contributed by atoms with Gasteiger partial charge >= 0.3 is 12.1 Å². The van der Waals surface area contributed by atoms with E-state index in [1.807, 2.05) is 36.4 Å². The lowest BCUT2D eigenvalue weighted by atomic mass is 9.98. The molecule has 2 unspecified atom stereocenters. The Kier molecular flexibility index (Phi) is 5.98. The van der Waals surface area contributed by atoms with Crippen molar-refractivity contribution in [1.29, 1.82) is 0 Å². The Hall–Kier alpha value is -3.79. The minimum Gasteiger partial charge on any atom is -0.480 e. The minimum atomic E-state index is -1.07.